The van der Waals surface area contributed by atoms with E-state index in [1.807, 2.05) is 0 Å². The standard InChI is InChI=1S/C20H16F3NO.C15H9FO2.C5H9F2N.ClH/c21-18-4-2-1-3-16(18)8-5-14-6-9-17(10-7-14)19(25)24-13-15-11-20(22,23)12-15;16-14-4-2-1-3-12(14)8-5-11-6-9-13(10-7-11)15(17)18;6-5(7)1-4(2-5)3-8;/h1-4,6-7,9-10,15H,11-13H2,(H,24,25);1-4,6-7,9-10H,(H,17,18);4H,1-3,8H2;1H. The largest absolute Gasteiger partial charge is 0.478 e. The Balaban J connectivity index is 0.000000235. The van der Waals surface area contributed by atoms with Crippen molar-refractivity contribution in [2.45, 2.75) is 37.5 Å². The first kappa shape index (κ1) is 41.2. The number of nitrogens with one attached hydrogen (secondary N) is 1. The van der Waals surface area contributed by atoms with Crippen LogP contribution >= 0.6 is 12.4 Å². The highest BCUT2D eigenvalue weighted by atomic mass is 35.5. The highest BCUT2D eigenvalue weighted by Crippen LogP contribution is 2.42. The number of nitrogens with two attached hydrogens (primary N) is 1. The Bertz CT molecular complexity index is 1930. The zero-order chi connectivity index (χ0) is 37.0. The minimum Gasteiger partial charge on any atom is -0.478 e. The molecule has 2 saturated carbocycles. The lowest BCUT2D eigenvalue weighted by Crippen LogP contribution is -2.42. The fourth-order valence-electron chi connectivity index (χ4n) is 5.03. The molecule has 1 amide bonds. The molecule has 4 aromatic carbocycles. The molecule has 0 saturated heterocycles. The van der Waals surface area contributed by atoms with E-state index in [0.29, 0.717) is 34.4 Å². The Labute approximate surface area is 304 Å². The number of alkyl halides is 4. The van der Waals surface area contributed by atoms with E-state index in [2.05, 4.69) is 29.0 Å². The third kappa shape index (κ3) is 12.8. The molecule has 2 fully saturated rings. The van der Waals surface area contributed by atoms with Crippen LogP contribution in [0.4, 0.5) is 26.3 Å². The highest BCUT2D eigenvalue weighted by molar-refractivity contribution is 5.94. The molecule has 52 heavy (non-hydrogen) atoms. The highest BCUT2D eigenvalue weighted by Gasteiger charge is 2.45. The summed E-state index contributed by atoms with van der Waals surface area (Å²) in [4.78, 5) is 22.7. The van der Waals surface area contributed by atoms with Crippen molar-refractivity contribution in [1.82, 2.24) is 5.32 Å². The summed E-state index contributed by atoms with van der Waals surface area (Å²) in [7, 11) is 0. The molecule has 0 aliphatic heterocycles. The third-order valence-corrected chi connectivity index (χ3v) is 7.94. The summed E-state index contributed by atoms with van der Waals surface area (Å²) in [6.45, 7) is 0.666. The van der Waals surface area contributed by atoms with Gasteiger partial charge < -0.3 is 16.2 Å². The summed E-state index contributed by atoms with van der Waals surface area (Å²) in [5.41, 5.74) is 7.67. The van der Waals surface area contributed by atoms with E-state index in [0.717, 1.165) is 0 Å². The first-order valence-electron chi connectivity index (χ1n) is 15.9. The van der Waals surface area contributed by atoms with E-state index in [4.69, 9.17) is 10.8 Å². The van der Waals surface area contributed by atoms with Crippen molar-refractivity contribution >= 4 is 24.3 Å². The van der Waals surface area contributed by atoms with Crippen molar-refractivity contribution in [2.75, 3.05) is 13.1 Å². The number of rotatable bonds is 5. The molecule has 5 nitrogen and oxygen atoms in total. The summed E-state index contributed by atoms with van der Waals surface area (Å²) in [6.07, 6.45) is -0.331. The van der Waals surface area contributed by atoms with Crippen molar-refractivity contribution in [2.24, 2.45) is 17.6 Å². The second-order valence-corrected chi connectivity index (χ2v) is 12.1. The molecular formula is C40H35ClF6N2O3. The van der Waals surface area contributed by atoms with Crippen LogP contribution in [0.15, 0.2) is 97.1 Å². The van der Waals surface area contributed by atoms with Gasteiger partial charge in [0.05, 0.1) is 16.7 Å². The van der Waals surface area contributed by atoms with Gasteiger partial charge in [-0.3, -0.25) is 4.79 Å². The fraction of sp³-hybridized carbons (Fsp3) is 0.250. The normalized spacial score (nSPS) is 15.0. The Morgan fingerprint density at radius 1 is 0.654 bits per heavy atom. The topological polar surface area (TPSA) is 92.4 Å². The number of carbonyl (C=O) groups is 2. The van der Waals surface area contributed by atoms with Crippen LogP contribution in [0, 0.1) is 47.2 Å². The van der Waals surface area contributed by atoms with E-state index in [-0.39, 0.29) is 79.6 Å². The predicted molar refractivity (Wildman–Crippen MR) is 189 cm³/mol. The van der Waals surface area contributed by atoms with Crippen LogP contribution in [0.25, 0.3) is 0 Å². The number of carbonyl (C=O) groups excluding carboxylic acids is 1. The Morgan fingerprint density at radius 2 is 1.06 bits per heavy atom. The van der Waals surface area contributed by atoms with Crippen molar-refractivity contribution in [3.63, 3.8) is 0 Å². The van der Waals surface area contributed by atoms with E-state index < -0.39 is 17.8 Å². The van der Waals surface area contributed by atoms with Crippen LogP contribution in [-0.4, -0.2) is 41.9 Å². The summed E-state index contributed by atoms with van der Waals surface area (Å²) in [5, 5.41) is 11.4. The Hall–Kier alpha value is -5.23. The van der Waals surface area contributed by atoms with E-state index in [1.54, 1.807) is 72.8 Å². The van der Waals surface area contributed by atoms with Gasteiger partial charge in [0.15, 0.2) is 0 Å². The smallest absolute Gasteiger partial charge is 0.335 e. The first-order chi connectivity index (χ1) is 24.2. The summed E-state index contributed by atoms with van der Waals surface area (Å²) >= 11 is 0. The average Bonchev–Trinajstić information content (AvgIpc) is 3.09. The molecule has 2 aliphatic carbocycles. The molecule has 0 atom stereocenters. The molecule has 2 aliphatic rings. The maximum atomic E-state index is 13.5. The molecule has 6 rings (SSSR count). The van der Waals surface area contributed by atoms with Gasteiger partial charge >= 0.3 is 5.97 Å². The van der Waals surface area contributed by atoms with Crippen molar-refractivity contribution in [3.8, 4) is 23.7 Å². The Morgan fingerprint density at radius 3 is 1.42 bits per heavy atom. The number of carboxylic acid groups (broad SMARTS) is 1. The lowest BCUT2D eigenvalue weighted by Gasteiger charge is -2.34. The van der Waals surface area contributed by atoms with Crippen LogP contribution in [0.3, 0.4) is 0 Å². The zero-order valence-electron chi connectivity index (χ0n) is 27.7. The van der Waals surface area contributed by atoms with E-state index >= 15 is 0 Å². The van der Waals surface area contributed by atoms with Crippen LogP contribution in [-0.2, 0) is 0 Å². The van der Waals surface area contributed by atoms with Crippen molar-refractivity contribution in [3.05, 3.63) is 142 Å². The third-order valence-electron chi connectivity index (χ3n) is 7.94. The van der Waals surface area contributed by atoms with Crippen LogP contribution in [0.2, 0.25) is 0 Å². The van der Waals surface area contributed by atoms with Gasteiger partial charge in [0.1, 0.15) is 11.6 Å². The number of hydrogen-bond acceptors (Lipinski definition) is 3. The number of aromatic carboxylic acids is 1. The molecular weight excluding hydrogens is 706 g/mol. The SMILES string of the molecule is Cl.NCC1CC(F)(F)C1.O=C(NCC1CC(F)(F)C1)c1ccc(C#Cc2ccccc2F)cc1.O=C(O)c1ccc(C#Cc2ccccc2F)cc1. The molecule has 4 aromatic rings. The molecule has 0 spiro atoms. The van der Waals surface area contributed by atoms with Crippen LogP contribution in [0.1, 0.15) is 68.7 Å². The lowest BCUT2D eigenvalue weighted by molar-refractivity contribution is -0.108. The lowest BCUT2D eigenvalue weighted by atomic mass is 9.81. The van der Waals surface area contributed by atoms with Gasteiger partial charge in [0, 0.05) is 48.9 Å². The van der Waals surface area contributed by atoms with Gasteiger partial charge in [-0.1, -0.05) is 47.9 Å². The van der Waals surface area contributed by atoms with Gasteiger partial charge in [-0.05, 0) is 91.2 Å². The average molecular weight is 741 g/mol. The fourth-order valence-corrected chi connectivity index (χ4v) is 5.03. The number of halogens is 7. The summed E-state index contributed by atoms with van der Waals surface area (Å²) in [5.74, 6) is 4.01. The number of benzene rings is 4. The number of hydrogen-bond donors (Lipinski definition) is 3. The quantitative estimate of drug-likeness (QED) is 0.142. The summed E-state index contributed by atoms with van der Waals surface area (Å²) in [6, 6.07) is 25.2. The second kappa shape index (κ2) is 18.8. The van der Waals surface area contributed by atoms with Gasteiger partial charge in [-0.2, -0.15) is 0 Å². The minimum atomic E-state index is -2.58. The molecule has 0 heterocycles. The monoisotopic (exact) mass is 740 g/mol. The minimum absolute atomic E-state index is 0. The molecule has 12 heteroatoms. The van der Waals surface area contributed by atoms with Crippen molar-refractivity contribution < 1.29 is 41.0 Å². The molecule has 0 aromatic heterocycles. The molecule has 0 unspecified atom stereocenters. The maximum Gasteiger partial charge on any atom is 0.335 e. The van der Waals surface area contributed by atoms with E-state index in [9.17, 15) is 35.9 Å². The Kier molecular flexibility index (Phi) is 14.9. The van der Waals surface area contributed by atoms with Gasteiger partial charge in [0.25, 0.3) is 5.91 Å². The number of carboxylic acids is 1. The molecule has 0 radical (unpaired) electrons. The van der Waals surface area contributed by atoms with Gasteiger partial charge in [-0.15, -0.1) is 12.4 Å². The van der Waals surface area contributed by atoms with Gasteiger partial charge in [-0.25, -0.2) is 31.1 Å². The van der Waals surface area contributed by atoms with Crippen LogP contribution < -0.4 is 11.1 Å². The zero-order valence-corrected chi connectivity index (χ0v) is 28.5. The maximum absolute atomic E-state index is 13.5. The van der Waals surface area contributed by atoms with Gasteiger partial charge in [0.2, 0.25) is 11.8 Å². The summed E-state index contributed by atoms with van der Waals surface area (Å²) < 4.78 is 76.1. The van der Waals surface area contributed by atoms with E-state index in [1.165, 1.54) is 24.3 Å². The number of amides is 1. The van der Waals surface area contributed by atoms with Crippen LogP contribution in [0.5, 0.6) is 0 Å². The first-order valence-corrected chi connectivity index (χ1v) is 15.9. The second-order valence-electron chi connectivity index (χ2n) is 12.1. The molecule has 272 valence electrons. The predicted octanol–water partition coefficient (Wildman–Crippen LogP) is 8.34. The van der Waals surface area contributed by atoms with Crippen molar-refractivity contribution in [1.29, 1.82) is 0 Å². The molecule has 4 N–H and O–H groups in total. The molecule has 0 bridgehead atoms.